The second-order valence-electron chi connectivity index (χ2n) is 6.95. The molecule has 1 heterocycles. The number of carboxylic acid groups (broad SMARTS) is 1. The Balaban J connectivity index is 1.72. The fourth-order valence-corrected chi connectivity index (χ4v) is 2.94. The van der Waals surface area contributed by atoms with Crippen molar-refractivity contribution in [3.05, 3.63) is 29.8 Å². The minimum absolute atomic E-state index is 0.281. The highest BCUT2D eigenvalue weighted by Crippen LogP contribution is 2.12. The zero-order chi connectivity index (χ0) is 18.2. The van der Waals surface area contributed by atoms with Crippen molar-refractivity contribution >= 4 is 5.97 Å². The SMILES string of the molecule is CC(C)N(CCOc1ccc(C(=O)O)cc1)CCN1CCN(C)CC1. The molecule has 0 saturated carbocycles. The molecule has 1 saturated heterocycles. The number of hydrogen-bond acceptors (Lipinski definition) is 5. The molecule has 1 N–H and O–H groups in total. The summed E-state index contributed by atoms with van der Waals surface area (Å²) in [6.45, 7) is 12.6. The maximum Gasteiger partial charge on any atom is 0.335 e. The average molecular weight is 349 g/mol. The van der Waals surface area contributed by atoms with Crippen molar-refractivity contribution in [2.45, 2.75) is 19.9 Å². The lowest BCUT2D eigenvalue weighted by Crippen LogP contribution is -2.48. The van der Waals surface area contributed by atoms with E-state index in [1.165, 1.54) is 0 Å². The number of nitrogens with zero attached hydrogens (tertiary/aromatic N) is 3. The average Bonchev–Trinajstić information content (AvgIpc) is 2.59. The summed E-state index contributed by atoms with van der Waals surface area (Å²) in [5, 5.41) is 8.91. The quantitative estimate of drug-likeness (QED) is 0.733. The zero-order valence-corrected chi connectivity index (χ0v) is 15.6. The Morgan fingerprint density at radius 2 is 1.80 bits per heavy atom. The Morgan fingerprint density at radius 1 is 1.16 bits per heavy atom. The molecule has 1 aliphatic heterocycles. The number of ether oxygens (including phenoxy) is 1. The maximum atomic E-state index is 10.9. The first kappa shape index (κ1) is 19.7. The fourth-order valence-electron chi connectivity index (χ4n) is 2.94. The van der Waals surface area contributed by atoms with Gasteiger partial charge >= 0.3 is 5.97 Å². The lowest BCUT2D eigenvalue weighted by Gasteiger charge is -2.35. The van der Waals surface area contributed by atoms with Gasteiger partial charge in [0.25, 0.3) is 0 Å². The summed E-state index contributed by atoms with van der Waals surface area (Å²) in [6.07, 6.45) is 0. The van der Waals surface area contributed by atoms with E-state index in [2.05, 4.69) is 35.6 Å². The Hall–Kier alpha value is -1.63. The summed E-state index contributed by atoms with van der Waals surface area (Å²) in [6, 6.07) is 7.06. The van der Waals surface area contributed by atoms with Gasteiger partial charge in [0.2, 0.25) is 0 Å². The number of piperazine rings is 1. The number of rotatable bonds is 9. The monoisotopic (exact) mass is 349 g/mol. The third-order valence-electron chi connectivity index (χ3n) is 4.78. The molecule has 1 aromatic carbocycles. The van der Waals surface area contributed by atoms with Crippen LogP contribution in [0.1, 0.15) is 24.2 Å². The molecule has 0 amide bonds. The number of carboxylic acids is 1. The minimum Gasteiger partial charge on any atom is -0.492 e. The van der Waals surface area contributed by atoms with Crippen molar-refractivity contribution in [3.63, 3.8) is 0 Å². The zero-order valence-electron chi connectivity index (χ0n) is 15.6. The van der Waals surface area contributed by atoms with Crippen molar-refractivity contribution in [2.24, 2.45) is 0 Å². The van der Waals surface area contributed by atoms with Gasteiger partial charge in [-0.15, -0.1) is 0 Å². The van der Waals surface area contributed by atoms with E-state index in [-0.39, 0.29) is 5.56 Å². The number of aromatic carboxylic acids is 1. The van der Waals surface area contributed by atoms with Crippen LogP contribution in [0.25, 0.3) is 0 Å². The van der Waals surface area contributed by atoms with E-state index in [0.29, 0.717) is 18.4 Å². The largest absolute Gasteiger partial charge is 0.492 e. The summed E-state index contributed by atoms with van der Waals surface area (Å²) in [4.78, 5) is 18.2. The van der Waals surface area contributed by atoms with E-state index in [9.17, 15) is 4.79 Å². The number of likely N-dealkylation sites (N-methyl/N-ethyl adjacent to an activating group) is 1. The van der Waals surface area contributed by atoms with Crippen molar-refractivity contribution in [2.75, 3.05) is 59.5 Å². The molecule has 25 heavy (non-hydrogen) atoms. The van der Waals surface area contributed by atoms with Crippen molar-refractivity contribution in [1.29, 1.82) is 0 Å². The smallest absolute Gasteiger partial charge is 0.335 e. The molecule has 0 radical (unpaired) electrons. The van der Waals surface area contributed by atoms with Crippen LogP contribution in [0.15, 0.2) is 24.3 Å². The first-order valence-electron chi connectivity index (χ1n) is 9.07. The van der Waals surface area contributed by atoms with Gasteiger partial charge in [-0.3, -0.25) is 9.80 Å². The first-order chi connectivity index (χ1) is 12.0. The molecule has 0 spiro atoms. The molecule has 1 aliphatic rings. The Labute approximate surface area is 151 Å². The van der Waals surface area contributed by atoms with E-state index < -0.39 is 5.97 Å². The fraction of sp³-hybridized carbons (Fsp3) is 0.632. The molecule has 6 heteroatoms. The Morgan fingerprint density at radius 3 is 2.36 bits per heavy atom. The predicted molar refractivity (Wildman–Crippen MR) is 99.5 cm³/mol. The van der Waals surface area contributed by atoms with E-state index in [0.717, 1.165) is 45.8 Å². The summed E-state index contributed by atoms with van der Waals surface area (Å²) in [5.74, 6) is -0.200. The van der Waals surface area contributed by atoms with Gasteiger partial charge in [-0.05, 0) is 45.2 Å². The molecule has 0 aromatic heterocycles. The third kappa shape index (κ3) is 6.65. The van der Waals surface area contributed by atoms with Gasteiger partial charge in [0, 0.05) is 51.9 Å². The summed E-state index contributed by atoms with van der Waals surface area (Å²) < 4.78 is 5.77. The molecular weight excluding hydrogens is 318 g/mol. The summed E-state index contributed by atoms with van der Waals surface area (Å²) >= 11 is 0. The van der Waals surface area contributed by atoms with Gasteiger partial charge in [-0.2, -0.15) is 0 Å². The minimum atomic E-state index is -0.915. The van der Waals surface area contributed by atoms with E-state index in [4.69, 9.17) is 9.84 Å². The standard InChI is InChI=1S/C19H31N3O3/c1-16(2)22(13-12-21-10-8-20(3)9-11-21)14-15-25-18-6-4-17(5-7-18)19(23)24/h4-7,16H,8-15H2,1-3H3,(H,23,24). The van der Waals surface area contributed by atoms with Gasteiger partial charge in [0.1, 0.15) is 12.4 Å². The molecule has 0 unspecified atom stereocenters. The maximum absolute atomic E-state index is 10.9. The molecular formula is C19H31N3O3. The van der Waals surface area contributed by atoms with Crippen LogP contribution in [-0.2, 0) is 0 Å². The highest BCUT2D eigenvalue weighted by atomic mass is 16.5. The van der Waals surface area contributed by atoms with Crippen LogP contribution in [-0.4, -0.2) is 91.3 Å². The normalized spacial score (nSPS) is 16.5. The van der Waals surface area contributed by atoms with Crippen LogP contribution >= 0.6 is 0 Å². The predicted octanol–water partition coefficient (Wildman–Crippen LogP) is 1.72. The second kappa shape index (κ2) is 9.75. The number of hydrogen-bond donors (Lipinski definition) is 1. The van der Waals surface area contributed by atoms with E-state index in [1.807, 2.05) is 0 Å². The van der Waals surface area contributed by atoms with E-state index >= 15 is 0 Å². The molecule has 2 rings (SSSR count). The van der Waals surface area contributed by atoms with Crippen LogP contribution in [0.2, 0.25) is 0 Å². The summed E-state index contributed by atoms with van der Waals surface area (Å²) in [5.41, 5.74) is 0.281. The van der Waals surface area contributed by atoms with Crippen molar-refractivity contribution in [3.8, 4) is 5.75 Å². The van der Waals surface area contributed by atoms with Crippen molar-refractivity contribution < 1.29 is 14.6 Å². The van der Waals surface area contributed by atoms with Crippen LogP contribution in [0, 0.1) is 0 Å². The first-order valence-corrected chi connectivity index (χ1v) is 9.07. The lowest BCUT2D eigenvalue weighted by atomic mass is 10.2. The Bertz CT molecular complexity index is 525. The second-order valence-corrected chi connectivity index (χ2v) is 6.95. The van der Waals surface area contributed by atoms with Crippen LogP contribution in [0.5, 0.6) is 5.75 Å². The van der Waals surface area contributed by atoms with Gasteiger partial charge in [0.15, 0.2) is 0 Å². The van der Waals surface area contributed by atoms with Gasteiger partial charge in [-0.1, -0.05) is 0 Å². The van der Waals surface area contributed by atoms with Crippen LogP contribution in [0.3, 0.4) is 0 Å². The molecule has 1 aromatic rings. The highest BCUT2D eigenvalue weighted by Gasteiger charge is 2.16. The summed E-state index contributed by atoms with van der Waals surface area (Å²) in [7, 11) is 2.18. The van der Waals surface area contributed by atoms with Gasteiger partial charge < -0.3 is 14.7 Å². The third-order valence-corrected chi connectivity index (χ3v) is 4.78. The highest BCUT2D eigenvalue weighted by molar-refractivity contribution is 5.87. The number of carbonyl (C=O) groups is 1. The molecule has 0 aliphatic carbocycles. The molecule has 1 fully saturated rings. The molecule has 0 atom stereocenters. The van der Waals surface area contributed by atoms with Gasteiger partial charge in [0.05, 0.1) is 5.56 Å². The van der Waals surface area contributed by atoms with Crippen LogP contribution in [0.4, 0.5) is 0 Å². The molecule has 0 bridgehead atoms. The topological polar surface area (TPSA) is 56.2 Å². The number of benzene rings is 1. The Kier molecular flexibility index (Phi) is 7.68. The molecule has 6 nitrogen and oxygen atoms in total. The van der Waals surface area contributed by atoms with Gasteiger partial charge in [-0.25, -0.2) is 4.79 Å². The van der Waals surface area contributed by atoms with Crippen molar-refractivity contribution in [1.82, 2.24) is 14.7 Å². The van der Waals surface area contributed by atoms with Crippen LogP contribution < -0.4 is 4.74 Å². The lowest BCUT2D eigenvalue weighted by molar-refractivity contribution is 0.0697. The molecule has 140 valence electrons. The van der Waals surface area contributed by atoms with E-state index in [1.54, 1.807) is 24.3 Å².